The lowest BCUT2D eigenvalue weighted by Gasteiger charge is -2.23. The lowest BCUT2D eigenvalue weighted by Crippen LogP contribution is -2.38. The molecule has 134 valence electrons. The Hall–Kier alpha value is -1.26. The molecule has 1 aliphatic heterocycles. The second-order valence-corrected chi connectivity index (χ2v) is 7.08. The van der Waals surface area contributed by atoms with Gasteiger partial charge in [-0.15, -0.1) is 12.4 Å². The molecule has 4 nitrogen and oxygen atoms in total. The molecule has 1 saturated carbocycles. The lowest BCUT2D eigenvalue weighted by molar-refractivity contribution is -0.123. The van der Waals surface area contributed by atoms with E-state index in [1.807, 2.05) is 18.2 Å². The van der Waals surface area contributed by atoms with Gasteiger partial charge in [-0.25, -0.2) is 0 Å². The van der Waals surface area contributed by atoms with Gasteiger partial charge in [0, 0.05) is 5.92 Å². The molecule has 0 bridgehead atoms. The van der Waals surface area contributed by atoms with Gasteiger partial charge in [0.05, 0.1) is 6.54 Å². The highest BCUT2D eigenvalue weighted by Gasteiger charge is 2.57. The van der Waals surface area contributed by atoms with Crippen molar-refractivity contribution in [3.8, 4) is 5.75 Å². The zero-order valence-electron chi connectivity index (χ0n) is 14.6. The number of piperidine rings is 1. The van der Waals surface area contributed by atoms with Crippen molar-refractivity contribution in [2.75, 3.05) is 19.6 Å². The van der Waals surface area contributed by atoms with Crippen LogP contribution in [0.25, 0.3) is 0 Å². The number of benzene rings is 1. The highest BCUT2D eigenvalue weighted by molar-refractivity contribution is 5.85. The smallest absolute Gasteiger partial charge is 0.223 e. The van der Waals surface area contributed by atoms with E-state index in [1.54, 1.807) is 0 Å². The van der Waals surface area contributed by atoms with Crippen molar-refractivity contribution in [2.24, 2.45) is 11.3 Å². The van der Waals surface area contributed by atoms with E-state index < -0.39 is 0 Å². The number of hydrogen-bond acceptors (Lipinski definition) is 3. The van der Waals surface area contributed by atoms with Gasteiger partial charge in [-0.2, -0.15) is 0 Å². The normalized spacial score (nSPS) is 22.3. The molecular formula is C19H29ClN2O2. The maximum atomic E-state index is 12.4. The Morgan fingerprint density at radius 3 is 2.83 bits per heavy atom. The summed E-state index contributed by atoms with van der Waals surface area (Å²) in [5.41, 5.74) is 1.49. The summed E-state index contributed by atoms with van der Waals surface area (Å²) in [6, 6.07) is 8.07. The van der Waals surface area contributed by atoms with Gasteiger partial charge in [0.25, 0.3) is 0 Å². The van der Waals surface area contributed by atoms with E-state index in [2.05, 4.69) is 30.5 Å². The quantitative estimate of drug-likeness (QED) is 0.827. The van der Waals surface area contributed by atoms with E-state index in [-0.39, 0.29) is 30.3 Å². The average Bonchev–Trinajstić information content (AvgIpc) is 3.25. The Labute approximate surface area is 151 Å². The Morgan fingerprint density at radius 2 is 2.17 bits per heavy atom. The van der Waals surface area contributed by atoms with E-state index in [1.165, 1.54) is 5.56 Å². The Morgan fingerprint density at radius 1 is 1.42 bits per heavy atom. The number of amides is 1. The van der Waals surface area contributed by atoms with Gasteiger partial charge in [-0.3, -0.25) is 4.79 Å². The Kier molecular flexibility index (Phi) is 6.53. The molecule has 1 aliphatic carbocycles. The maximum absolute atomic E-state index is 12.4. The summed E-state index contributed by atoms with van der Waals surface area (Å²) < 4.78 is 6.01. The minimum absolute atomic E-state index is 0. The van der Waals surface area contributed by atoms with Crippen molar-refractivity contribution in [3.63, 3.8) is 0 Å². The van der Waals surface area contributed by atoms with Crippen LogP contribution in [-0.2, 0) is 4.79 Å². The third-order valence-corrected chi connectivity index (χ3v) is 5.36. The highest BCUT2D eigenvalue weighted by Crippen LogP contribution is 2.58. The first kappa shape index (κ1) is 19.1. The van der Waals surface area contributed by atoms with E-state index in [0.29, 0.717) is 12.0 Å². The number of aryl methyl sites for hydroxylation is 1. The van der Waals surface area contributed by atoms with Crippen LogP contribution in [0.3, 0.4) is 0 Å². The van der Waals surface area contributed by atoms with E-state index in [0.717, 1.165) is 44.5 Å². The molecule has 1 spiro atoms. The number of halogens is 1. The molecule has 1 saturated heterocycles. The minimum atomic E-state index is 0. The predicted molar refractivity (Wildman–Crippen MR) is 98.8 cm³/mol. The molecule has 3 rings (SSSR count). The first-order chi connectivity index (χ1) is 11.1. The lowest BCUT2D eigenvalue weighted by atomic mass is 9.92. The van der Waals surface area contributed by atoms with Gasteiger partial charge in [0.2, 0.25) is 5.91 Å². The zero-order valence-corrected chi connectivity index (χ0v) is 15.5. The second-order valence-electron chi connectivity index (χ2n) is 7.08. The van der Waals surface area contributed by atoms with Crippen LogP contribution in [0, 0.1) is 18.3 Å². The van der Waals surface area contributed by atoms with Crippen LogP contribution in [0.15, 0.2) is 24.3 Å². The third kappa shape index (κ3) is 4.42. The van der Waals surface area contributed by atoms with Gasteiger partial charge >= 0.3 is 0 Å². The molecule has 24 heavy (non-hydrogen) atoms. The van der Waals surface area contributed by atoms with Gasteiger partial charge in [0.1, 0.15) is 11.9 Å². The molecule has 1 aromatic carbocycles. The summed E-state index contributed by atoms with van der Waals surface area (Å²) in [6.07, 6.45) is 4.26. The maximum Gasteiger partial charge on any atom is 0.223 e. The molecule has 2 aliphatic rings. The largest absolute Gasteiger partial charge is 0.489 e. The number of ether oxygens (including phenoxy) is 1. The molecule has 1 aromatic rings. The van der Waals surface area contributed by atoms with Crippen molar-refractivity contribution in [2.45, 2.75) is 45.6 Å². The van der Waals surface area contributed by atoms with Gasteiger partial charge in [0.15, 0.2) is 0 Å². The summed E-state index contributed by atoms with van der Waals surface area (Å²) in [7, 11) is 0. The Balaban J connectivity index is 0.00000208. The van der Waals surface area contributed by atoms with Crippen LogP contribution in [0.2, 0.25) is 0 Å². The van der Waals surface area contributed by atoms with Gasteiger partial charge < -0.3 is 15.4 Å². The molecule has 2 N–H and O–H groups in total. The number of hydrogen-bond donors (Lipinski definition) is 2. The predicted octanol–water partition coefficient (Wildman–Crippen LogP) is 3.08. The average molecular weight is 353 g/mol. The van der Waals surface area contributed by atoms with Crippen molar-refractivity contribution in [1.82, 2.24) is 10.6 Å². The van der Waals surface area contributed by atoms with Gasteiger partial charge in [-0.05, 0) is 68.8 Å². The molecule has 0 radical (unpaired) electrons. The molecular weight excluding hydrogens is 324 g/mol. The van der Waals surface area contributed by atoms with Crippen LogP contribution >= 0.6 is 12.4 Å². The molecule has 0 aromatic heterocycles. The molecule has 2 unspecified atom stereocenters. The fourth-order valence-corrected chi connectivity index (χ4v) is 3.68. The van der Waals surface area contributed by atoms with Crippen molar-refractivity contribution >= 4 is 18.3 Å². The molecule has 2 fully saturated rings. The van der Waals surface area contributed by atoms with Crippen LogP contribution in [-0.4, -0.2) is 31.6 Å². The van der Waals surface area contributed by atoms with Crippen LogP contribution in [0.4, 0.5) is 0 Å². The number of rotatable bonds is 6. The molecule has 1 amide bonds. The van der Waals surface area contributed by atoms with E-state index in [9.17, 15) is 4.79 Å². The number of carbonyl (C=O) groups excluding carboxylic acids is 1. The van der Waals surface area contributed by atoms with Crippen LogP contribution in [0.5, 0.6) is 5.75 Å². The minimum Gasteiger partial charge on any atom is -0.489 e. The van der Waals surface area contributed by atoms with Crippen LogP contribution in [0.1, 0.15) is 38.2 Å². The SMILES string of the molecule is CCC(CNC(=O)C1CC12CCNCC2)Oc1cccc(C)c1.Cl. The molecule has 5 heteroatoms. The fraction of sp³-hybridized carbons (Fsp3) is 0.632. The third-order valence-electron chi connectivity index (χ3n) is 5.36. The van der Waals surface area contributed by atoms with Gasteiger partial charge in [-0.1, -0.05) is 19.1 Å². The Bertz CT molecular complexity index is 558. The highest BCUT2D eigenvalue weighted by atomic mass is 35.5. The first-order valence-electron chi connectivity index (χ1n) is 8.85. The van der Waals surface area contributed by atoms with Crippen molar-refractivity contribution < 1.29 is 9.53 Å². The fourth-order valence-electron chi connectivity index (χ4n) is 3.68. The van der Waals surface area contributed by atoms with Crippen LogP contribution < -0.4 is 15.4 Å². The monoisotopic (exact) mass is 352 g/mol. The topological polar surface area (TPSA) is 50.4 Å². The molecule has 2 atom stereocenters. The van der Waals surface area contributed by atoms with E-state index >= 15 is 0 Å². The molecule has 1 heterocycles. The number of carbonyl (C=O) groups is 1. The van der Waals surface area contributed by atoms with Crippen molar-refractivity contribution in [3.05, 3.63) is 29.8 Å². The summed E-state index contributed by atoms with van der Waals surface area (Å²) in [4.78, 5) is 12.4. The standard InChI is InChI=1S/C19H28N2O2.ClH/c1-3-15(23-16-6-4-5-14(2)11-16)13-21-18(22)17-12-19(17)7-9-20-10-8-19;/h4-6,11,15,17,20H,3,7-10,12-13H2,1-2H3,(H,21,22);1H. The first-order valence-corrected chi connectivity index (χ1v) is 8.85. The summed E-state index contributed by atoms with van der Waals surface area (Å²) in [5.74, 6) is 1.33. The summed E-state index contributed by atoms with van der Waals surface area (Å²) in [5, 5.41) is 6.50. The summed E-state index contributed by atoms with van der Waals surface area (Å²) in [6.45, 7) is 6.85. The number of nitrogens with one attached hydrogen (secondary N) is 2. The van der Waals surface area contributed by atoms with Crippen molar-refractivity contribution in [1.29, 1.82) is 0 Å². The van der Waals surface area contributed by atoms with E-state index in [4.69, 9.17) is 4.74 Å². The second kappa shape index (κ2) is 8.21. The zero-order chi connectivity index (χ0) is 16.3. The summed E-state index contributed by atoms with van der Waals surface area (Å²) >= 11 is 0.